The Morgan fingerprint density at radius 2 is 1.71 bits per heavy atom. The van der Waals surface area contributed by atoms with Crippen molar-refractivity contribution in [3.05, 3.63) is 95.9 Å². The fourth-order valence-electron chi connectivity index (χ4n) is 4.45. The highest BCUT2D eigenvalue weighted by molar-refractivity contribution is 5.86. The molecule has 0 spiro atoms. The van der Waals surface area contributed by atoms with Gasteiger partial charge in [0.25, 0.3) is 0 Å². The summed E-state index contributed by atoms with van der Waals surface area (Å²) in [5.74, 6) is 0.989. The van der Waals surface area contributed by atoms with E-state index in [4.69, 9.17) is 4.74 Å². The number of ether oxygens (including phenoxy) is 1. The minimum absolute atomic E-state index is 0.0590. The molecule has 1 amide bonds. The summed E-state index contributed by atoms with van der Waals surface area (Å²) in [6, 6.07) is 20.5. The SMILES string of the molecule is COc1ccc(Cn2cc([C@H](CC(=O)NCc3ccncc3)C(C)(C)C)c3ccccc32)cc1. The number of aromatic nitrogens is 2. The Labute approximate surface area is 201 Å². The molecule has 2 aromatic carbocycles. The molecule has 0 bridgehead atoms. The van der Waals surface area contributed by atoms with Crippen LogP contribution in [0.15, 0.2) is 79.3 Å². The van der Waals surface area contributed by atoms with Gasteiger partial charge in [0.2, 0.25) is 5.91 Å². The quantitative estimate of drug-likeness (QED) is 0.358. The van der Waals surface area contributed by atoms with Crippen molar-refractivity contribution in [1.29, 1.82) is 0 Å². The summed E-state index contributed by atoms with van der Waals surface area (Å²) >= 11 is 0. The van der Waals surface area contributed by atoms with E-state index >= 15 is 0 Å². The lowest BCUT2D eigenvalue weighted by atomic mass is 9.74. The van der Waals surface area contributed by atoms with Gasteiger partial charge in [0.1, 0.15) is 5.75 Å². The lowest BCUT2D eigenvalue weighted by Crippen LogP contribution is -2.29. The van der Waals surface area contributed by atoms with Crippen molar-refractivity contribution >= 4 is 16.8 Å². The van der Waals surface area contributed by atoms with Crippen LogP contribution in [0.3, 0.4) is 0 Å². The molecule has 0 aliphatic heterocycles. The molecule has 4 rings (SSSR count). The van der Waals surface area contributed by atoms with Gasteiger partial charge in [-0.05, 0) is 58.4 Å². The maximum absolute atomic E-state index is 13.0. The molecule has 34 heavy (non-hydrogen) atoms. The van der Waals surface area contributed by atoms with Gasteiger partial charge in [0, 0.05) is 49.0 Å². The van der Waals surface area contributed by atoms with E-state index in [-0.39, 0.29) is 17.2 Å². The summed E-state index contributed by atoms with van der Waals surface area (Å²) < 4.78 is 7.59. The van der Waals surface area contributed by atoms with Gasteiger partial charge in [-0.3, -0.25) is 9.78 Å². The second-order valence-corrected chi connectivity index (χ2v) is 9.83. The van der Waals surface area contributed by atoms with Crippen molar-refractivity contribution in [1.82, 2.24) is 14.9 Å². The number of hydrogen-bond donors (Lipinski definition) is 1. The third kappa shape index (κ3) is 5.48. The maximum atomic E-state index is 13.0. The van der Waals surface area contributed by atoms with Crippen LogP contribution in [0.4, 0.5) is 0 Å². The molecular weight excluding hydrogens is 422 g/mol. The summed E-state index contributed by atoms with van der Waals surface area (Å²) in [5.41, 5.74) is 4.57. The lowest BCUT2D eigenvalue weighted by molar-refractivity contribution is -0.122. The van der Waals surface area contributed by atoms with Crippen molar-refractivity contribution in [3.8, 4) is 5.75 Å². The summed E-state index contributed by atoms with van der Waals surface area (Å²) in [6.45, 7) is 7.91. The Bertz CT molecular complexity index is 1240. The van der Waals surface area contributed by atoms with E-state index in [2.05, 4.69) is 78.2 Å². The zero-order valence-electron chi connectivity index (χ0n) is 20.4. The molecule has 0 saturated carbocycles. The first-order chi connectivity index (χ1) is 16.3. The maximum Gasteiger partial charge on any atom is 0.220 e. The predicted octanol–water partition coefficient (Wildman–Crippen LogP) is 5.93. The van der Waals surface area contributed by atoms with Gasteiger partial charge in [0.15, 0.2) is 0 Å². The van der Waals surface area contributed by atoms with Crippen LogP contribution in [0.5, 0.6) is 5.75 Å². The second-order valence-electron chi connectivity index (χ2n) is 9.83. The molecule has 1 N–H and O–H groups in total. The number of carbonyl (C=O) groups excluding carboxylic acids is 1. The minimum atomic E-state index is -0.0803. The molecule has 0 fully saturated rings. The fourth-order valence-corrected chi connectivity index (χ4v) is 4.45. The monoisotopic (exact) mass is 455 g/mol. The summed E-state index contributed by atoms with van der Waals surface area (Å²) in [6.07, 6.45) is 6.17. The average molecular weight is 456 g/mol. The molecule has 1 atom stereocenters. The van der Waals surface area contributed by atoms with Crippen molar-refractivity contribution in [2.24, 2.45) is 5.41 Å². The normalized spacial score (nSPS) is 12.5. The zero-order valence-corrected chi connectivity index (χ0v) is 20.4. The van der Waals surface area contributed by atoms with Crippen LogP contribution < -0.4 is 10.1 Å². The van der Waals surface area contributed by atoms with E-state index in [1.165, 1.54) is 22.0 Å². The Hall–Kier alpha value is -3.60. The molecule has 2 aromatic heterocycles. The van der Waals surface area contributed by atoms with E-state index in [9.17, 15) is 4.79 Å². The topological polar surface area (TPSA) is 56.1 Å². The van der Waals surface area contributed by atoms with Crippen LogP contribution in [-0.2, 0) is 17.9 Å². The summed E-state index contributed by atoms with van der Waals surface area (Å²) in [4.78, 5) is 17.0. The van der Waals surface area contributed by atoms with Crippen LogP contribution in [0, 0.1) is 5.41 Å². The zero-order chi connectivity index (χ0) is 24.1. The van der Waals surface area contributed by atoms with Gasteiger partial charge in [0.05, 0.1) is 7.11 Å². The molecule has 176 valence electrons. The molecule has 4 aromatic rings. The van der Waals surface area contributed by atoms with E-state index in [1.54, 1.807) is 19.5 Å². The van der Waals surface area contributed by atoms with Gasteiger partial charge in [-0.1, -0.05) is 51.1 Å². The first kappa shape index (κ1) is 23.6. The molecule has 5 heteroatoms. The second kappa shape index (κ2) is 10.1. The lowest BCUT2D eigenvalue weighted by Gasteiger charge is -2.30. The van der Waals surface area contributed by atoms with E-state index in [0.29, 0.717) is 13.0 Å². The number of amides is 1. The summed E-state index contributed by atoms with van der Waals surface area (Å²) in [5, 5.41) is 4.30. The van der Waals surface area contributed by atoms with Crippen molar-refractivity contribution < 1.29 is 9.53 Å². The molecule has 0 saturated heterocycles. The minimum Gasteiger partial charge on any atom is -0.497 e. The number of nitrogens with one attached hydrogen (secondary N) is 1. The van der Waals surface area contributed by atoms with E-state index in [1.807, 2.05) is 24.3 Å². The van der Waals surface area contributed by atoms with Gasteiger partial charge < -0.3 is 14.6 Å². The molecular formula is C29H33N3O2. The smallest absolute Gasteiger partial charge is 0.220 e. The van der Waals surface area contributed by atoms with Gasteiger partial charge in [-0.2, -0.15) is 0 Å². The molecule has 5 nitrogen and oxygen atoms in total. The number of para-hydroxylation sites is 1. The van der Waals surface area contributed by atoms with E-state index in [0.717, 1.165) is 17.9 Å². The van der Waals surface area contributed by atoms with Crippen LogP contribution >= 0.6 is 0 Å². The third-order valence-electron chi connectivity index (χ3n) is 6.38. The summed E-state index contributed by atoms with van der Waals surface area (Å²) in [7, 11) is 1.68. The van der Waals surface area contributed by atoms with E-state index < -0.39 is 0 Å². The first-order valence-electron chi connectivity index (χ1n) is 11.7. The average Bonchev–Trinajstić information content (AvgIpc) is 3.19. The van der Waals surface area contributed by atoms with Crippen LogP contribution in [0.1, 0.15) is 49.8 Å². The molecule has 2 heterocycles. The third-order valence-corrected chi connectivity index (χ3v) is 6.38. The van der Waals surface area contributed by atoms with Crippen LogP contribution in [0.25, 0.3) is 10.9 Å². The Balaban J connectivity index is 1.61. The largest absolute Gasteiger partial charge is 0.497 e. The Morgan fingerprint density at radius 3 is 2.38 bits per heavy atom. The van der Waals surface area contributed by atoms with Crippen molar-refractivity contribution in [3.63, 3.8) is 0 Å². The molecule has 0 radical (unpaired) electrons. The van der Waals surface area contributed by atoms with Crippen molar-refractivity contribution in [2.45, 2.75) is 46.2 Å². The molecule has 0 aliphatic rings. The Kier molecular flexibility index (Phi) is 7.01. The number of nitrogens with zero attached hydrogens (tertiary/aromatic N) is 2. The number of rotatable bonds is 8. The first-order valence-corrected chi connectivity index (χ1v) is 11.7. The van der Waals surface area contributed by atoms with Crippen LogP contribution in [0.2, 0.25) is 0 Å². The fraction of sp³-hybridized carbons (Fsp3) is 0.310. The number of methoxy groups -OCH3 is 1. The predicted molar refractivity (Wildman–Crippen MR) is 137 cm³/mol. The number of fused-ring (bicyclic) bond motifs is 1. The van der Waals surface area contributed by atoms with Gasteiger partial charge in [-0.25, -0.2) is 0 Å². The molecule has 0 aliphatic carbocycles. The standard InChI is InChI=1S/C29H33N3O2/c1-29(2,3)26(17-28(33)31-18-21-13-15-30-16-14-21)25-20-32(27-8-6-5-7-24(25)27)19-22-9-11-23(34-4)12-10-22/h5-16,20,26H,17-19H2,1-4H3,(H,31,33)/t26-/m0/s1. The number of carbonyl (C=O) groups is 1. The van der Waals surface area contributed by atoms with Gasteiger partial charge in [-0.15, -0.1) is 0 Å². The number of benzene rings is 2. The highest BCUT2D eigenvalue weighted by Crippen LogP contribution is 2.41. The number of hydrogen-bond acceptors (Lipinski definition) is 3. The van der Waals surface area contributed by atoms with Crippen molar-refractivity contribution in [2.75, 3.05) is 7.11 Å². The van der Waals surface area contributed by atoms with Gasteiger partial charge >= 0.3 is 0 Å². The highest BCUT2D eigenvalue weighted by atomic mass is 16.5. The van der Waals surface area contributed by atoms with Crippen LogP contribution in [-0.4, -0.2) is 22.6 Å². The molecule has 0 unspecified atom stereocenters. The number of pyridine rings is 1. The Morgan fingerprint density at radius 1 is 1.00 bits per heavy atom. The highest BCUT2D eigenvalue weighted by Gasteiger charge is 2.31.